The zero-order valence-electron chi connectivity index (χ0n) is 10.4. The molecular weight excluding hydrogens is 224 g/mol. The van der Waals surface area contributed by atoms with Crippen LogP contribution >= 0.6 is 11.6 Å². The maximum atomic E-state index is 11.5. The molecule has 0 atom stereocenters. The number of carbonyl (C=O) groups is 1. The number of rotatable bonds is 5. The van der Waals surface area contributed by atoms with Crippen molar-refractivity contribution >= 4 is 17.4 Å². The van der Waals surface area contributed by atoms with Crippen LogP contribution in [0, 0.1) is 5.92 Å². The average Bonchev–Trinajstić information content (AvgIpc) is 2.51. The van der Waals surface area contributed by atoms with E-state index in [4.69, 9.17) is 11.6 Å². The van der Waals surface area contributed by atoms with Gasteiger partial charge in [-0.25, -0.2) is 0 Å². The van der Waals surface area contributed by atoms with Crippen molar-refractivity contribution < 1.29 is 4.79 Å². The largest absolute Gasteiger partial charge is 0.299 e. The van der Waals surface area contributed by atoms with Crippen LogP contribution in [0.2, 0.25) is 5.02 Å². The molecule has 0 aliphatic carbocycles. The second kappa shape index (κ2) is 5.48. The fourth-order valence-electron chi connectivity index (χ4n) is 1.62. The third-order valence-corrected chi connectivity index (χ3v) is 3.19. The number of aromatic nitrogens is 2. The zero-order chi connectivity index (χ0) is 12.3. The number of nitrogens with zero attached hydrogens (tertiary/aromatic N) is 2. The Morgan fingerprint density at radius 3 is 2.56 bits per heavy atom. The molecule has 0 aliphatic heterocycles. The van der Waals surface area contributed by atoms with Crippen LogP contribution in [0.3, 0.4) is 0 Å². The highest BCUT2D eigenvalue weighted by Gasteiger charge is 2.15. The molecule has 1 heterocycles. The molecule has 0 saturated carbocycles. The molecule has 0 radical (unpaired) electrons. The van der Waals surface area contributed by atoms with E-state index in [1.165, 1.54) is 0 Å². The Balaban J connectivity index is 2.74. The lowest BCUT2D eigenvalue weighted by Gasteiger charge is -2.04. The van der Waals surface area contributed by atoms with Gasteiger partial charge in [-0.2, -0.15) is 5.10 Å². The number of halogens is 1. The first-order valence-electron chi connectivity index (χ1n) is 5.70. The van der Waals surface area contributed by atoms with Crippen LogP contribution in [0.4, 0.5) is 0 Å². The second-order valence-corrected chi connectivity index (χ2v) is 4.68. The first kappa shape index (κ1) is 13.2. The van der Waals surface area contributed by atoms with Gasteiger partial charge in [-0.15, -0.1) is 0 Å². The van der Waals surface area contributed by atoms with Crippen molar-refractivity contribution in [3.8, 4) is 0 Å². The van der Waals surface area contributed by atoms with E-state index in [1.54, 1.807) is 4.68 Å². The molecule has 1 aromatic rings. The molecule has 1 aromatic heterocycles. The molecule has 3 nitrogen and oxygen atoms in total. The van der Waals surface area contributed by atoms with Crippen LogP contribution in [0.15, 0.2) is 0 Å². The first-order chi connectivity index (χ1) is 7.47. The summed E-state index contributed by atoms with van der Waals surface area (Å²) in [6, 6.07) is 0. The fraction of sp³-hybridized carbons (Fsp3) is 0.667. The summed E-state index contributed by atoms with van der Waals surface area (Å²) >= 11 is 6.20. The van der Waals surface area contributed by atoms with Gasteiger partial charge in [0.05, 0.1) is 16.4 Å². The lowest BCUT2D eigenvalue weighted by molar-refractivity contribution is -0.121. The lowest BCUT2D eigenvalue weighted by Crippen LogP contribution is -2.09. The Morgan fingerprint density at radius 2 is 2.12 bits per heavy atom. The molecule has 0 amide bonds. The van der Waals surface area contributed by atoms with Crippen molar-refractivity contribution in [1.29, 1.82) is 0 Å². The number of hydrogen-bond donors (Lipinski definition) is 0. The third kappa shape index (κ3) is 2.85. The van der Waals surface area contributed by atoms with Crippen LogP contribution in [-0.4, -0.2) is 15.6 Å². The van der Waals surface area contributed by atoms with Gasteiger partial charge >= 0.3 is 0 Å². The summed E-state index contributed by atoms with van der Waals surface area (Å²) in [5.74, 6) is 0.368. The molecule has 0 N–H and O–H groups in total. The summed E-state index contributed by atoms with van der Waals surface area (Å²) in [7, 11) is 1.88. The zero-order valence-corrected chi connectivity index (χ0v) is 11.1. The quantitative estimate of drug-likeness (QED) is 0.796. The second-order valence-electron chi connectivity index (χ2n) is 4.31. The van der Waals surface area contributed by atoms with Gasteiger partial charge < -0.3 is 0 Å². The van der Waals surface area contributed by atoms with E-state index in [2.05, 4.69) is 5.10 Å². The highest BCUT2D eigenvalue weighted by Crippen LogP contribution is 2.22. The molecule has 16 heavy (non-hydrogen) atoms. The summed E-state index contributed by atoms with van der Waals surface area (Å²) in [6.45, 7) is 5.87. The summed E-state index contributed by atoms with van der Waals surface area (Å²) in [4.78, 5) is 11.5. The summed E-state index contributed by atoms with van der Waals surface area (Å²) in [5.41, 5.74) is 1.88. The molecule has 0 aromatic carbocycles. The molecule has 0 fully saturated rings. The van der Waals surface area contributed by atoms with Crippen molar-refractivity contribution in [3.05, 3.63) is 16.4 Å². The van der Waals surface area contributed by atoms with Crippen molar-refractivity contribution in [2.75, 3.05) is 0 Å². The molecule has 0 bridgehead atoms. The third-order valence-electron chi connectivity index (χ3n) is 2.76. The summed E-state index contributed by atoms with van der Waals surface area (Å²) in [5, 5.41) is 5.05. The van der Waals surface area contributed by atoms with Crippen LogP contribution in [-0.2, 0) is 24.7 Å². The van der Waals surface area contributed by atoms with E-state index in [9.17, 15) is 4.79 Å². The van der Waals surface area contributed by atoms with Gasteiger partial charge in [0, 0.05) is 19.4 Å². The van der Waals surface area contributed by atoms with Gasteiger partial charge in [0.15, 0.2) is 0 Å². The normalized spacial score (nSPS) is 11.1. The molecule has 0 spiro atoms. The SMILES string of the molecule is CCc1nn(C)c(CCC(=O)C(C)C)c1Cl. The monoisotopic (exact) mass is 242 g/mol. The van der Waals surface area contributed by atoms with Gasteiger partial charge in [-0.05, 0) is 12.8 Å². The van der Waals surface area contributed by atoms with Crippen molar-refractivity contribution in [1.82, 2.24) is 9.78 Å². The Labute approximate surface area is 102 Å². The van der Waals surface area contributed by atoms with Gasteiger partial charge in [0.1, 0.15) is 5.78 Å². The standard InChI is InChI=1S/C12H19ClN2O/c1-5-9-12(13)10(15(4)14-9)6-7-11(16)8(2)3/h8H,5-7H2,1-4H3. The number of Topliss-reactive ketones (excluding diaryl/α,β-unsaturated/α-hetero) is 1. The smallest absolute Gasteiger partial charge is 0.135 e. The highest BCUT2D eigenvalue weighted by molar-refractivity contribution is 6.31. The minimum Gasteiger partial charge on any atom is -0.299 e. The van der Waals surface area contributed by atoms with E-state index >= 15 is 0 Å². The van der Waals surface area contributed by atoms with E-state index in [1.807, 2.05) is 27.8 Å². The number of hydrogen-bond acceptors (Lipinski definition) is 2. The highest BCUT2D eigenvalue weighted by atomic mass is 35.5. The Bertz CT molecular complexity index is 383. The average molecular weight is 243 g/mol. The van der Waals surface area contributed by atoms with Crippen molar-refractivity contribution in [2.45, 2.75) is 40.0 Å². The van der Waals surface area contributed by atoms with E-state index < -0.39 is 0 Å². The minimum absolute atomic E-state index is 0.0950. The van der Waals surface area contributed by atoms with Crippen LogP contribution in [0.25, 0.3) is 0 Å². The van der Waals surface area contributed by atoms with Gasteiger partial charge in [0.25, 0.3) is 0 Å². The molecule has 4 heteroatoms. The molecule has 0 saturated heterocycles. The van der Waals surface area contributed by atoms with E-state index in [0.29, 0.717) is 12.8 Å². The molecule has 0 unspecified atom stereocenters. The molecule has 0 aliphatic rings. The van der Waals surface area contributed by atoms with Crippen LogP contribution < -0.4 is 0 Å². The Kier molecular flexibility index (Phi) is 4.54. The number of ketones is 1. The van der Waals surface area contributed by atoms with E-state index in [0.717, 1.165) is 22.8 Å². The van der Waals surface area contributed by atoms with Crippen LogP contribution in [0.1, 0.15) is 38.6 Å². The molecule has 90 valence electrons. The predicted molar refractivity (Wildman–Crippen MR) is 65.8 cm³/mol. The Morgan fingerprint density at radius 1 is 1.50 bits per heavy atom. The maximum absolute atomic E-state index is 11.5. The molecule has 1 rings (SSSR count). The van der Waals surface area contributed by atoms with Gasteiger partial charge in [-0.1, -0.05) is 32.4 Å². The number of carbonyl (C=O) groups excluding carboxylic acids is 1. The van der Waals surface area contributed by atoms with Crippen LogP contribution in [0.5, 0.6) is 0 Å². The van der Waals surface area contributed by atoms with Crippen molar-refractivity contribution in [3.63, 3.8) is 0 Å². The van der Waals surface area contributed by atoms with Gasteiger partial charge in [0.2, 0.25) is 0 Å². The first-order valence-corrected chi connectivity index (χ1v) is 6.08. The molecular formula is C12H19ClN2O. The summed E-state index contributed by atoms with van der Waals surface area (Å²) < 4.78 is 1.79. The minimum atomic E-state index is 0.0950. The van der Waals surface area contributed by atoms with E-state index in [-0.39, 0.29) is 11.7 Å². The topological polar surface area (TPSA) is 34.9 Å². The summed E-state index contributed by atoms with van der Waals surface area (Å²) in [6.07, 6.45) is 2.05. The Hall–Kier alpha value is -0.830. The predicted octanol–water partition coefficient (Wildman–Crippen LogP) is 2.79. The lowest BCUT2D eigenvalue weighted by atomic mass is 10.0. The van der Waals surface area contributed by atoms with Crippen molar-refractivity contribution in [2.24, 2.45) is 13.0 Å². The fourth-order valence-corrected chi connectivity index (χ4v) is 2.01. The van der Waals surface area contributed by atoms with Gasteiger partial charge in [-0.3, -0.25) is 9.48 Å². The number of aryl methyl sites for hydroxylation is 2. The maximum Gasteiger partial charge on any atom is 0.135 e.